The number of fused-ring (bicyclic) bond motifs is 1. The van der Waals surface area contributed by atoms with Gasteiger partial charge in [-0.2, -0.15) is 5.10 Å². The Hall–Kier alpha value is -2.97. The first-order chi connectivity index (χ1) is 9.65. The Labute approximate surface area is 111 Å². The smallest absolute Gasteiger partial charge is 0.264 e. The van der Waals surface area contributed by atoms with Gasteiger partial charge in [-0.1, -0.05) is 5.16 Å². The van der Waals surface area contributed by atoms with Crippen LogP contribution in [-0.2, 0) is 18.4 Å². The van der Waals surface area contributed by atoms with E-state index in [1.165, 1.54) is 34.2 Å². The van der Waals surface area contributed by atoms with Gasteiger partial charge in [0.1, 0.15) is 30.2 Å². The molecule has 1 amide bonds. The van der Waals surface area contributed by atoms with Crippen molar-refractivity contribution in [2.24, 2.45) is 7.05 Å². The number of amides is 1. The first-order valence-corrected chi connectivity index (χ1v) is 5.71. The van der Waals surface area contributed by atoms with Crippen LogP contribution in [0.25, 0.3) is 11.0 Å². The van der Waals surface area contributed by atoms with Crippen molar-refractivity contribution >= 4 is 22.6 Å². The molecule has 0 fully saturated rings. The number of nitrogens with one attached hydrogen (secondary N) is 1. The van der Waals surface area contributed by atoms with Crippen LogP contribution in [0.1, 0.15) is 0 Å². The number of hydrogen-bond donors (Lipinski definition) is 1. The molecule has 1 N–H and O–H groups in total. The minimum Gasteiger partial charge on any atom is -0.363 e. The van der Waals surface area contributed by atoms with Gasteiger partial charge in [0.2, 0.25) is 5.91 Å². The molecule has 9 nitrogen and oxygen atoms in total. The van der Waals surface area contributed by atoms with Crippen molar-refractivity contribution in [1.82, 2.24) is 24.5 Å². The van der Waals surface area contributed by atoms with Gasteiger partial charge in [-0.05, 0) is 0 Å². The molecule has 3 aromatic heterocycles. The quantitative estimate of drug-likeness (QED) is 0.706. The van der Waals surface area contributed by atoms with E-state index >= 15 is 0 Å². The molecule has 3 heterocycles. The molecule has 0 unspecified atom stereocenters. The highest BCUT2D eigenvalue weighted by molar-refractivity contribution is 5.90. The number of carbonyl (C=O) groups excluding carboxylic acids is 1. The van der Waals surface area contributed by atoms with Crippen LogP contribution in [0.5, 0.6) is 0 Å². The van der Waals surface area contributed by atoms with Gasteiger partial charge in [-0.15, -0.1) is 0 Å². The third-order valence-electron chi connectivity index (χ3n) is 2.75. The zero-order chi connectivity index (χ0) is 14.1. The van der Waals surface area contributed by atoms with Crippen LogP contribution in [0.3, 0.4) is 0 Å². The fraction of sp³-hybridized carbons (Fsp3) is 0.182. The van der Waals surface area contributed by atoms with Crippen molar-refractivity contribution in [3.05, 3.63) is 35.3 Å². The first-order valence-electron chi connectivity index (χ1n) is 5.71. The number of hydrogen-bond acceptors (Lipinski definition) is 6. The Morgan fingerprint density at radius 2 is 2.30 bits per heavy atom. The molecule has 9 heteroatoms. The molecule has 0 aliphatic heterocycles. The van der Waals surface area contributed by atoms with Crippen molar-refractivity contribution in [1.29, 1.82) is 0 Å². The second kappa shape index (κ2) is 4.61. The predicted octanol–water partition coefficient (Wildman–Crippen LogP) is -0.243. The predicted molar refractivity (Wildman–Crippen MR) is 67.9 cm³/mol. The summed E-state index contributed by atoms with van der Waals surface area (Å²) in [6.07, 6.45) is 5.41. The van der Waals surface area contributed by atoms with E-state index in [-0.39, 0.29) is 18.0 Å². The van der Waals surface area contributed by atoms with E-state index in [0.29, 0.717) is 16.7 Å². The summed E-state index contributed by atoms with van der Waals surface area (Å²) in [5.74, 6) is -0.375. The van der Waals surface area contributed by atoms with Gasteiger partial charge in [0, 0.05) is 7.05 Å². The van der Waals surface area contributed by atoms with Crippen LogP contribution in [0.15, 0.2) is 34.3 Å². The summed E-state index contributed by atoms with van der Waals surface area (Å²) in [5, 5.41) is 10.3. The molecule has 0 aliphatic carbocycles. The third kappa shape index (κ3) is 2.05. The molecular formula is C11H10N6O3. The minimum atomic E-state index is -0.375. The maximum atomic E-state index is 12.1. The van der Waals surface area contributed by atoms with Crippen molar-refractivity contribution in [3.8, 4) is 0 Å². The van der Waals surface area contributed by atoms with Gasteiger partial charge in [0.05, 0.1) is 12.4 Å². The summed E-state index contributed by atoms with van der Waals surface area (Å²) in [4.78, 5) is 28.0. The Bertz CT molecular complexity index is 816. The standard InChI is InChI=1S/C11H10N6O3/c1-16-10-8(3-13-16)11(19)17(6-12-10)4-9(18)15-7-2-14-20-5-7/h2-3,5-6H,4H2,1H3,(H,15,18). The highest BCUT2D eigenvalue weighted by atomic mass is 16.5. The average molecular weight is 274 g/mol. The number of anilines is 1. The molecule has 0 saturated carbocycles. The number of carbonyl (C=O) groups is 1. The highest BCUT2D eigenvalue weighted by Gasteiger charge is 2.11. The summed E-state index contributed by atoms with van der Waals surface area (Å²) in [7, 11) is 1.69. The number of aryl methyl sites for hydroxylation is 1. The first kappa shape index (κ1) is 12.1. The molecule has 0 spiro atoms. The van der Waals surface area contributed by atoms with Crippen LogP contribution < -0.4 is 10.9 Å². The second-order valence-corrected chi connectivity index (χ2v) is 4.14. The fourth-order valence-corrected chi connectivity index (χ4v) is 1.80. The fourth-order valence-electron chi connectivity index (χ4n) is 1.80. The number of rotatable bonds is 3. The zero-order valence-corrected chi connectivity index (χ0v) is 10.5. The highest BCUT2D eigenvalue weighted by Crippen LogP contribution is 2.05. The van der Waals surface area contributed by atoms with E-state index in [2.05, 4.69) is 25.1 Å². The molecule has 3 aromatic rings. The van der Waals surface area contributed by atoms with E-state index in [1.54, 1.807) is 7.05 Å². The maximum Gasteiger partial charge on any atom is 0.264 e. The lowest BCUT2D eigenvalue weighted by atomic mass is 10.4. The van der Waals surface area contributed by atoms with E-state index in [1.807, 2.05) is 0 Å². The second-order valence-electron chi connectivity index (χ2n) is 4.14. The van der Waals surface area contributed by atoms with Gasteiger partial charge < -0.3 is 9.84 Å². The molecule has 0 radical (unpaired) electrons. The van der Waals surface area contributed by atoms with Crippen LogP contribution in [-0.4, -0.2) is 30.4 Å². The lowest BCUT2D eigenvalue weighted by molar-refractivity contribution is -0.116. The van der Waals surface area contributed by atoms with Crippen molar-refractivity contribution < 1.29 is 9.32 Å². The van der Waals surface area contributed by atoms with Crippen LogP contribution in [0.4, 0.5) is 5.69 Å². The van der Waals surface area contributed by atoms with Gasteiger partial charge >= 0.3 is 0 Å². The molecule has 0 saturated heterocycles. The molecule has 20 heavy (non-hydrogen) atoms. The normalized spacial score (nSPS) is 10.8. The van der Waals surface area contributed by atoms with E-state index in [0.717, 1.165) is 0 Å². The largest absolute Gasteiger partial charge is 0.363 e. The lowest BCUT2D eigenvalue weighted by Crippen LogP contribution is -2.27. The van der Waals surface area contributed by atoms with Crippen molar-refractivity contribution in [3.63, 3.8) is 0 Å². The summed E-state index contributed by atoms with van der Waals surface area (Å²) in [5.41, 5.74) is 0.590. The lowest BCUT2D eigenvalue weighted by Gasteiger charge is -2.05. The van der Waals surface area contributed by atoms with Gasteiger partial charge in [0.15, 0.2) is 5.65 Å². The average Bonchev–Trinajstić information content (AvgIpc) is 3.04. The van der Waals surface area contributed by atoms with E-state index in [9.17, 15) is 9.59 Å². The van der Waals surface area contributed by atoms with Gasteiger partial charge in [-0.25, -0.2) is 4.98 Å². The van der Waals surface area contributed by atoms with Crippen LogP contribution >= 0.6 is 0 Å². The maximum absolute atomic E-state index is 12.1. The molecule has 0 atom stereocenters. The minimum absolute atomic E-state index is 0.151. The van der Waals surface area contributed by atoms with Crippen LogP contribution in [0, 0.1) is 0 Å². The molecular weight excluding hydrogens is 264 g/mol. The Morgan fingerprint density at radius 3 is 3.05 bits per heavy atom. The van der Waals surface area contributed by atoms with Crippen LogP contribution in [0.2, 0.25) is 0 Å². The Balaban J connectivity index is 1.86. The number of nitrogens with zero attached hydrogens (tertiary/aromatic N) is 5. The summed E-state index contributed by atoms with van der Waals surface area (Å²) in [6.45, 7) is -0.151. The zero-order valence-electron chi connectivity index (χ0n) is 10.5. The van der Waals surface area contributed by atoms with E-state index in [4.69, 9.17) is 0 Å². The van der Waals surface area contributed by atoms with Gasteiger partial charge in [0.25, 0.3) is 5.56 Å². The topological polar surface area (TPSA) is 108 Å². The summed E-state index contributed by atoms with van der Waals surface area (Å²) >= 11 is 0. The van der Waals surface area contributed by atoms with Gasteiger partial charge in [-0.3, -0.25) is 18.8 Å². The van der Waals surface area contributed by atoms with E-state index < -0.39 is 0 Å². The molecule has 0 aromatic carbocycles. The summed E-state index contributed by atoms with van der Waals surface area (Å²) in [6, 6.07) is 0. The Kier molecular flexibility index (Phi) is 2.78. The SMILES string of the molecule is Cn1ncc2c(=O)n(CC(=O)Nc3cnoc3)cnc21. The summed E-state index contributed by atoms with van der Waals surface area (Å²) < 4.78 is 7.31. The van der Waals surface area contributed by atoms with Crippen molar-refractivity contribution in [2.45, 2.75) is 6.54 Å². The monoisotopic (exact) mass is 274 g/mol. The third-order valence-corrected chi connectivity index (χ3v) is 2.75. The molecule has 102 valence electrons. The molecule has 3 rings (SSSR count). The van der Waals surface area contributed by atoms with Crippen molar-refractivity contribution in [2.75, 3.05) is 5.32 Å². The molecule has 0 bridgehead atoms. The Morgan fingerprint density at radius 1 is 1.45 bits per heavy atom. The number of aromatic nitrogens is 5. The molecule has 0 aliphatic rings.